The molecule has 0 saturated heterocycles. The Morgan fingerprint density at radius 2 is 1.77 bits per heavy atom. The molecule has 1 heterocycles. The number of hydrogen-bond acceptors (Lipinski definition) is 5. The third-order valence-corrected chi connectivity index (χ3v) is 8.63. The molecule has 6 rings (SSSR count). The van der Waals surface area contributed by atoms with Crippen LogP contribution in [0.15, 0.2) is 29.4 Å². The number of aryl methyl sites for hydroxylation is 1. The number of thioether (sulfide) groups is 1. The van der Waals surface area contributed by atoms with E-state index in [1.165, 1.54) is 60.5 Å². The van der Waals surface area contributed by atoms with Crippen LogP contribution in [0, 0.1) is 30.1 Å². The zero-order chi connectivity index (χ0) is 20.9. The van der Waals surface area contributed by atoms with Gasteiger partial charge in [0.15, 0.2) is 5.82 Å². The summed E-state index contributed by atoms with van der Waals surface area (Å²) in [6.45, 7) is 4.26. The van der Waals surface area contributed by atoms with Crippen molar-refractivity contribution in [2.45, 2.75) is 63.6 Å². The fraction of sp³-hybridized carbons (Fsp3) is 0.609. The van der Waals surface area contributed by atoms with Crippen LogP contribution in [0.5, 0.6) is 0 Å². The van der Waals surface area contributed by atoms with Crippen LogP contribution >= 0.6 is 11.8 Å². The van der Waals surface area contributed by atoms with Gasteiger partial charge in [-0.15, -0.1) is 10.2 Å². The fourth-order valence-electron chi connectivity index (χ4n) is 6.55. The van der Waals surface area contributed by atoms with Gasteiger partial charge in [-0.1, -0.05) is 41.6 Å². The van der Waals surface area contributed by atoms with Gasteiger partial charge in [-0.2, -0.15) is 0 Å². The highest BCUT2D eigenvalue weighted by Gasteiger charge is 2.53. The first-order valence-electron chi connectivity index (χ1n) is 11.1. The minimum Gasteiger partial charge on any atom is -0.352 e. The first-order valence-corrected chi connectivity index (χ1v) is 12.1. The third kappa shape index (κ3) is 3.61. The Morgan fingerprint density at radius 1 is 1.17 bits per heavy atom. The van der Waals surface area contributed by atoms with Gasteiger partial charge in [-0.3, -0.25) is 4.79 Å². The van der Waals surface area contributed by atoms with Crippen molar-refractivity contribution in [3.05, 3.63) is 29.8 Å². The molecule has 4 saturated carbocycles. The molecule has 4 fully saturated rings. The number of nitrogens with zero attached hydrogens (tertiary/aromatic N) is 3. The molecular weight excluding hydrogens is 394 g/mol. The van der Waals surface area contributed by atoms with E-state index in [9.17, 15) is 4.79 Å². The van der Waals surface area contributed by atoms with Crippen LogP contribution in [-0.2, 0) is 4.79 Å². The molecule has 2 aromatic rings. The van der Waals surface area contributed by atoms with Gasteiger partial charge in [-0.25, -0.2) is 4.68 Å². The summed E-state index contributed by atoms with van der Waals surface area (Å²) < 4.78 is 1.48. The number of carbonyl (C=O) groups is 1. The summed E-state index contributed by atoms with van der Waals surface area (Å²) in [7, 11) is 0. The van der Waals surface area contributed by atoms with E-state index in [-0.39, 0.29) is 11.9 Å². The third-order valence-electron chi connectivity index (χ3n) is 7.69. The van der Waals surface area contributed by atoms with Gasteiger partial charge in [0.2, 0.25) is 11.1 Å². The molecule has 6 nitrogen and oxygen atoms in total. The van der Waals surface area contributed by atoms with E-state index in [1.807, 2.05) is 31.2 Å². The maximum atomic E-state index is 12.7. The van der Waals surface area contributed by atoms with Crippen LogP contribution in [0.2, 0.25) is 0 Å². The van der Waals surface area contributed by atoms with Crippen molar-refractivity contribution in [1.82, 2.24) is 20.2 Å². The molecule has 4 aliphatic rings. The lowest BCUT2D eigenvalue weighted by Crippen LogP contribution is -2.56. The molecule has 1 atom stereocenters. The Balaban J connectivity index is 1.19. The maximum Gasteiger partial charge on any atom is 0.230 e. The molecule has 1 aromatic heterocycles. The topological polar surface area (TPSA) is 85.8 Å². The largest absolute Gasteiger partial charge is 0.352 e. The van der Waals surface area contributed by atoms with Gasteiger partial charge in [-0.05, 0) is 75.5 Å². The Labute approximate surface area is 182 Å². The summed E-state index contributed by atoms with van der Waals surface area (Å²) in [6, 6.07) is 8.25. The summed E-state index contributed by atoms with van der Waals surface area (Å²) in [6.07, 6.45) is 8.15. The van der Waals surface area contributed by atoms with Crippen molar-refractivity contribution in [2.24, 2.45) is 23.2 Å². The number of nitrogens with two attached hydrogens (primary N) is 1. The molecule has 1 amide bonds. The van der Waals surface area contributed by atoms with Crippen LogP contribution in [-0.4, -0.2) is 32.6 Å². The lowest BCUT2D eigenvalue weighted by atomic mass is 9.48. The molecule has 7 heteroatoms. The predicted octanol–water partition coefficient (Wildman–Crippen LogP) is 3.78. The molecule has 3 N–H and O–H groups in total. The minimum atomic E-state index is 0.0585. The Morgan fingerprint density at radius 3 is 2.37 bits per heavy atom. The SMILES string of the molecule is Cc1ccc(-c2nnc(SCC(=O)NC(C)C34CC5CC(CC(C5)C3)C4)n2N)cc1. The molecule has 30 heavy (non-hydrogen) atoms. The van der Waals surface area contributed by atoms with Crippen molar-refractivity contribution in [3.63, 3.8) is 0 Å². The zero-order valence-corrected chi connectivity index (χ0v) is 18.6. The smallest absolute Gasteiger partial charge is 0.230 e. The number of nitrogen functional groups attached to an aromatic ring is 1. The van der Waals surface area contributed by atoms with Gasteiger partial charge < -0.3 is 11.2 Å². The van der Waals surface area contributed by atoms with E-state index < -0.39 is 0 Å². The second-order valence-electron chi connectivity index (χ2n) is 9.90. The lowest BCUT2D eigenvalue weighted by Gasteiger charge is -2.59. The molecule has 1 unspecified atom stereocenters. The number of hydrogen-bond donors (Lipinski definition) is 2. The van der Waals surface area contributed by atoms with Gasteiger partial charge in [0, 0.05) is 11.6 Å². The number of nitrogens with one attached hydrogen (secondary N) is 1. The van der Waals surface area contributed by atoms with E-state index in [0.717, 1.165) is 23.3 Å². The maximum absolute atomic E-state index is 12.7. The summed E-state index contributed by atoms with van der Waals surface area (Å²) in [5, 5.41) is 12.3. The number of benzene rings is 1. The predicted molar refractivity (Wildman–Crippen MR) is 119 cm³/mol. The summed E-state index contributed by atoms with van der Waals surface area (Å²) in [5.41, 5.74) is 2.42. The molecule has 0 aliphatic heterocycles. The Kier molecular flexibility index (Phi) is 5.04. The van der Waals surface area contributed by atoms with E-state index in [4.69, 9.17) is 5.84 Å². The van der Waals surface area contributed by atoms with Crippen LogP contribution in [0.3, 0.4) is 0 Å². The van der Waals surface area contributed by atoms with Crippen molar-refractivity contribution in [3.8, 4) is 11.4 Å². The van der Waals surface area contributed by atoms with Crippen LogP contribution in [0.4, 0.5) is 0 Å². The molecular formula is C23H31N5OS. The van der Waals surface area contributed by atoms with E-state index in [0.29, 0.717) is 22.1 Å². The molecule has 4 aliphatic carbocycles. The Hall–Kier alpha value is -2.02. The van der Waals surface area contributed by atoms with Gasteiger partial charge in [0.05, 0.1) is 5.75 Å². The number of aromatic nitrogens is 3. The lowest BCUT2D eigenvalue weighted by molar-refractivity contribution is -0.123. The Bertz CT molecular complexity index is 902. The van der Waals surface area contributed by atoms with Crippen LogP contribution in [0.1, 0.15) is 51.0 Å². The standard InChI is InChI=1S/C23H31N5OS/c1-14-3-5-19(6-4-14)21-26-27-22(28(21)24)30-13-20(29)25-15(2)23-10-16-7-17(11-23)9-18(8-16)12-23/h3-6,15-18H,7-13,24H2,1-2H3,(H,25,29). The zero-order valence-electron chi connectivity index (χ0n) is 17.8. The van der Waals surface area contributed by atoms with E-state index in [2.05, 4.69) is 22.4 Å². The molecule has 160 valence electrons. The van der Waals surface area contributed by atoms with Gasteiger partial charge in [0.25, 0.3) is 0 Å². The average Bonchev–Trinajstić information content (AvgIpc) is 3.06. The average molecular weight is 426 g/mol. The fourth-order valence-corrected chi connectivity index (χ4v) is 7.22. The van der Waals surface area contributed by atoms with E-state index in [1.54, 1.807) is 0 Å². The first kappa shape index (κ1) is 19.9. The highest BCUT2D eigenvalue weighted by atomic mass is 32.2. The quantitative estimate of drug-likeness (QED) is 0.543. The highest BCUT2D eigenvalue weighted by molar-refractivity contribution is 7.99. The summed E-state index contributed by atoms with van der Waals surface area (Å²) >= 11 is 1.35. The minimum absolute atomic E-state index is 0.0585. The van der Waals surface area contributed by atoms with E-state index >= 15 is 0 Å². The molecule has 0 radical (unpaired) electrons. The normalized spacial score (nSPS) is 30.4. The molecule has 0 spiro atoms. The molecule has 4 bridgehead atoms. The second-order valence-corrected chi connectivity index (χ2v) is 10.8. The van der Waals surface area contributed by atoms with Crippen molar-refractivity contribution >= 4 is 17.7 Å². The number of rotatable bonds is 6. The van der Waals surface area contributed by atoms with Gasteiger partial charge in [0.1, 0.15) is 0 Å². The second kappa shape index (κ2) is 7.59. The van der Waals surface area contributed by atoms with Crippen molar-refractivity contribution in [2.75, 3.05) is 11.6 Å². The molecule has 1 aromatic carbocycles. The first-order chi connectivity index (χ1) is 14.4. The van der Waals surface area contributed by atoms with Crippen molar-refractivity contribution < 1.29 is 4.79 Å². The number of carbonyl (C=O) groups excluding carboxylic acids is 1. The summed E-state index contributed by atoms with van der Waals surface area (Å²) in [5.74, 6) is 9.85. The monoisotopic (exact) mass is 425 g/mol. The van der Waals surface area contributed by atoms with Gasteiger partial charge >= 0.3 is 0 Å². The summed E-state index contributed by atoms with van der Waals surface area (Å²) in [4.78, 5) is 12.7. The number of amides is 1. The highest BCUT2D eigenvalue weighted by Crippen LogP contribution is 2.61. The van der Waals surface area contributed by atoms with Crippen LogP contribution in [0.25, 0.3) is 11.4 Å². The van der Waals surface area contributed by atoms with Crippen LogP contribution < -0.4 is 11.2 Å². The van der Waals surface area contributed by atoms with Crippen molar-refractivity contribution in [1.29, 1.82) is 0 Å².